The van der Waals surface area contributed by atoms with Gasteiger partial charge in [0.2, 0.25) is 5.91 Å². The van der Waals surface area contributed by atoms with E-state index in [1.165, 1.54) is 5.52 Å². The van der Waals surface area contributed by atoms with Gasteiger partial charge in [-0.3, -0.25) is 9.69 Å². The first-order chi connectivity index (χ1) is 11.6. The van der Waals surface area contributed by atoms with E-state index in [0.29, 0.717) is 0 Å². The Morgan fingerprint density at radius 1 is 1.29 bits per heavy atom. The number of aryl methyl sites for hydroxylation is 1. The van der Waals surface area contributed by atoms with Crippen molar-refractivity contribution in [3.63, 3.8) is 0 Å². The van der Waals surface area contributed by atoms with Gasteiger partial charge in [0.15, 0.2) is 0 Å². The summed E-state index contributed by atoms with van der Waals surface area (Å²) in [6, 6.07) is 8.54. The topological polar surface area (TPSA) is 50.2 Å². The van der Waals surface area contributed by atoms with Crippen molar-refractivity contribution >= 4 is 16.9 Å². The number of piperidine rings is 1. The van der Waals surface area contributed by atoms with E-state index in [9.17, 15) is 4.79 Å². The van der Waals surface area contributed by atoms with E-state index in [1.54, 1.807) is 0 Å². The standard InChI is InChI=1S/C19H28N4O/c1-4-23-17-8-6-5-7-16(17)21-18(23)13-22-11-9-15(10-12-22)19(24)20-14(2)3/h5-8,14-15H,4,9-13H2,1-3H3,(H,20,24). The highest BCUT2D eigenvalue weighted by Gasteiger charge is 2.26. The van der Waals surface area contributed by atoms with Gasteiger partial charge in [0.05, 0.1) is 17.6 Å². The fraction of sp³-hybridized carbons (Fsp3) is 0.579. The number of rotatable bonds is 5. The first kappa shape index (κ1) is 17.0. The monoisotopic (exact) mass is 328 g/mol. The van der Waals surface area contributed by atoms with Gasteiger partial charge >= 0.3 is 0 Å². The van der Waals surface area contributed by atoms with Crippen LogP contribution < -0.4 is 5.32 Å². The molecule has 1 aromatic heterocycles. The van der Waals surface area contributed by atoms with Crippen LogP contribution in [0.25, 0.3) is 11.0 Å². The molecule has 0 bridgehead atoms. The van der Waals surface area contributed by atoms with Crippen molar-refractivity contribution in [3.8, 4) is 0 Å². The minimum absolute atomic E-state index is 0.161. The smallest absolute Gasteiger partial charge is 0.223 e. The van der Waals surface area contributed by atoms with Crippen LogP contribution in [-0.2, 0) is 17.9 Å². The summed E-state index contributed by atoms with van der Waals surface area (Å²) in [7, 11) is 0. The third kappa shape index (κ3) is 3.61. The zero-order valence-corrected chi connectivity index (χ0v) is 15.0. The lowest BCUT2D eigenvalue weighted by atomic mass is 9.95. The van der Waals surface area contributed by atoms with Crippen LogP contribution in [0.4, 0.5) is 0 Å². The highest BCUT2D eigenvalue weighted by Crippen LogP contribution is 2.21. The zero-order valence-electron chi connectivity index (χ0n) is 15.0. The second-order valence-corrected chi connectivity index (χ2v) is 6.97. The zero-order chi connectivity index (χ0) is 17.1. The van der Waals surface area contributed by atoms with Gasteiger partial charge in [0.25, 0.3) is 0 Å². The van der Waals surface area contributed by atoms with Crippen molar-refractivity contribution in [2.45, 2.75) is 52.7 Å². The summed E-state index contributed by atoms with van der Waals surface area (Å²) in [5.74, 6) is 1.50. The van der Waals surface area contributed by atoms with Crippen LogP contribution >= 0.6 is 0 Å². The van der Waals surface area contributed by atoms with Gasteiger partial charge in [-0.1, -0.05) is 12.1 Å². The molecular formula is C19H28N4O. The van der Waals surface area contributed by atoms with Crippen molar-refractivity contribution in [2.24, 2.45) is 5.92 Å². The van der Waals surface area contributed by atoms with E-state index in [1.807, 2.05) is 19.9 Å². The molecule has 2 heterocycles. The summed E-state index contributed by atoms with van der Waals surface area (Å²) in [6.45, 7) is 9.92. The average Bonchev–Trinajstić information content (AvgIpc) is 2.91. The lowest BCUT2D eigenvalue weighted by molar-refractivity contribution is -0.127. The first-order valence-electron chi connectivity index (χ1n) is 9.05. The highest BCUT2D eigenvalue weighted by atomic mass is 16.1. The molecule has 5 nitrogen and oxygen atoms in total. The van der Waals surface area contributed by atoms with Crippen molar-refractivity contribution < 1.29 is 4.79 Å². The number of hydrogen-bond acceptors (Lipinski definition) is 3. The van der Waals surface area contributed by atoms with Crippen LogP contribution in [0.15, 0.2) is 24.3 Å². The molecule has 1 aliphatic rings. The molecule has 0 radical (unpaired) electrons. The minimum atomic E-state index is 0.161. The number of imidazole rings is 1. The summed E-state index contributed by atoms with van der Waals surface area (Å²) < 4.78 is 2.30. The second kappa shape index (κ2) is 7.34. The third-order valence-corrected chi connectivity index (χ3v) is 4.80. The molecule has 0 unspecified atom stereocenters. The number of carbonyl (C=O) groups excluding carboxylic acids is 1. The van der Waals surface area contributed by atoms with Crippen molar-refractivity contribution in [3.05, 3.63) is 30.1 Å². The van der Waals surface area contributed by atoms with Gasteiger partial charge in [-0.25, -0.2) is 4.98 Å². The molecule has 24 heavy (non-hydrogen) atoms. The number of fused-ring (bicyclic) bond motifs is 1. The Morgan fingerprint density at radius 2 is 2.00 bits per heavy atom. The van der Waals surface area contributed by atoms with Crippen molar-refractivity contribution in [1.82, 2.24) is 19.8 Å². The quantitative estimate of drug-likeness (QED) is 0.918. The van der Waals surface area contributed by atoms with E-state index in [4.69, 9.17) is 4.98 Å². The Hall–Kier alpha value is -1.88. The summed E-state index contributed by atoms with van der Waals surface area (Å²) >= 11 is 0. The molecule has 1 saturated heterocycles. The summed E-state index contributed by atoms with van der Waals surface area (Å²) in [6.07, 6.45) is 1.87. The molecule has 0 saturated carbocycles. The van der Waals surface area contributed by atoms with Crippen molar-refractivity contribution in [2.75, 3.05) is 13.1 Å². The normalized spacial score (nSPS) is 16.8. The third-order valence-electron chi connectivity index (χ3n) is 4.80. The Morgan fingerprint density at radius 3 is 2.67 bits per heavy atom. The summed E-state index contributed by atoms with van der Waals surface area (Å²) in [4.78, 5) is 19.4. The van der Waals surface area contributed by atoms with Gasteiger partial charge < -0.3 is 9.88 Å². The fourth-order valence-corrected chi connectivity index (χ4v) is 3.55. The van der Waals surface area contributed by atoms with Crippen LogP contribution in [0.1, 0.15) is 39.4 Å². The molecule has 1 aromatic carbocycles. The van der Waals surface area contributed by atoms with E-state index in [-0.39, 0.29) is 17.9 Å². The fourth-order valence-electron chi connectivity index (χ4n) is 3.55. The number of nitrogens with one attached hydrogen (secondary N) is 1. The maximum atomic E-state index is 12.1. The number of aromatic nitrogens is 2. The summed E-state index contributed by atoms with van der Waals surface area (Å²) in [5, 5.41) is 3.04. The predicted molar refractivity (Wildman–Crippen MR) is 96.7 cm³/mol. The molecule has 1 amide bonds. The van der Waals surface area contributed by atoms with Crippen LogP contribution in [0.2, 0.25) is 0 Å². The lowest BCUT2D eigenvalue weighted by Crippen LogP contribution is -2.42. The van der Waals surface area contributed by atoms with E-state index in [2.05, 4.69) is 39.9 Å². The average molecular weight is 328 g/mol. The van der Waals surface area contributed by atoms with Crippen LogP contribution in [0, 0.1) is 5.92 Å². The molecule has 2 aromatic rings. The number of para-hydroxylation sites is 2. The van der Waals surface area contributed by atoms with Gasteiger partial charge in [0, 0.05) is 18.5 Å². The number of nitrogens with zero attached hydrogens (tertiary/aromatic N) is 3. The van der Waals surface area contributed by atoms with Gasteiger partial charge in [-0.15, -0.1) is 0 Å². The lowest BCUT2D eigenvalue weighted by Gasteiger charge is -2.31. The minimum Gasteiger partial charge on any atom is -0.354 e. The molecule has 0 spiro atoms. The van der Waals surface area contributed by atoms with E-state index in [0.717, 1.165) is 50.4 Å². The molecule has 130 valence electrons. The Bertz CT molecular complexity index is 698. The number of amides is 1. The number of carbonyl (C=O) groups is 1. The maximum Gasteiger partial charge on any atom is 0.223 e. The molecule has 0 aliphatic carbocycles. The molecule has 0 atom stereocenters. The predicted octanol–water partition coefficient (Wildman–Crippen LogP) is 2.79. The molecule has 5 heteroatoms. The molecule has 1 aliphatic heterocycles. The van der Waals surface area contributed by atoms with Crippen LogP contribution in [-0.4, -0.2) is 39.5 Å². The second-order valence-electron chi connectivity index (χ2n) is 6.97. The SMILES string of the molecule is CCn1c(CN2CCC(C(=O)NC(C)C)CC2)nc2ccccc21. The maximum absolute atomic E-state index is 12.1. The number of benzene rings is 1. The molecule has 1 fully saturated rings. The Labute approximate surface area is 144 Å². The van der Waals surface area contributed by atoms with Gasteiger partial charge in [0.1, 0.15) is 5.82 Å². The number of hydrogen-bond donors (Lipinski definition) is 1. The molecule has 1 N–H and O–H groups in total. The Balaban J connectivity index is 1.63. The van der Waals surface area contributed by atoms with Gasteiger partial charge in [-0.05, 0) is 58.8 Å². The van der Waals surface area contributed by atoms with Crippen molar-refractivity contribution in [1.29, 1.82) is 0 Å². The van der Waals surface area contributed by atoms with Crippen LogP contribution in [0.5, 0.6) is 0 Å². The van der Waals surface area contributed by atoms with E-state index < -0.39 is 0 Å². The highest BCUT2D eigenvalue weighted by molar-refractivity contribution is 5.79. The number of likely N-dealkylation sites (tertiary alicyclic amines) is 1. The van der Waals surface area contributed by atoms with Crippen LogP contribution in [0.3, 0.4) is 0 Å². The first-order valence-corrected chi connectivity index (χ1v) is 9.05. The Kier molecular flexibility index (Phi) is 5.19. The van der Waals surface area contributed by atoms with Gasteiger partial charge in [-0.2, -0.15) is 0 Å². The summed E-state index contributed by atoms with van der Waals surface area (Å²) in [5.41, 5.74) is 2.28. The largest absolute Gasteiger partial charge is 0.354 e. The molecule has 3 rings (SSSR count). The van der Waals surface area contributed by atoms with E-state index >= 15 is 0 Å². The molecular weight excluding hydrogens is 300 g/mol.